The molecule has 8 nitrogen and oxygen atoms in total. The molecule has 4 N–H and O–H groups in total. The van der Waals surface area contributed by atoms with E-state index < -0.39 is 51.9 Å². The number of phenols is 1. The van der Waals surface area contributed by atoms with E-state index in [1.54, 1.807) is 0 Å². The molecule has 4 aliphatic carbocycles. The molecule has 0 spiro atoms. The van der Waals surface area contributed by atoms with Crippen molar-refractivity contribution in [3.8, 4) is 5.75 Å². The predicted octanol–water partition coefficient (Wildman–Crippen LogP) is 4.71. The minimum absolute atomic E-state index is 0.0656. The summed E-state index contributed by atoms with van der Waals surface area (Å²) >= 11 is 0. The lowest BCUT2D eigenvalue weighted by Crippen LogP contribution is -2.57. The fourth-order valence-corrected chi connectivity index (χ4v) is 7.31. The average Bonchev–Trinajstić information content (AvgIpc) is 2.88. The molecular weight excluding hydrogens is 498 g/mol. The number of aromatic hydroxyl groups is 1. The lowest BCUT2D eigenvalue weighted by Gasteiger charge is -2.46. The number of hydrogen-bond acceptors (Lipinski definition) is 8. The first-order valence-corrected chi connectivity index (χ1v) is 14.3. The van der Waals surface area contributed by atoms with Gasteiger partial charge in [0.15, 0.2) is 17.2 Å². The summed E-state index contributed by atoms with van der Waals surface area (Å²) in [6, 6.07) is 4.07. The summed E-state index contributed by atoms with van der Waals surface area (Å²) in [6.45, 7) is 6.26. The molecule has 5 rings (SSSR count). The molecule has 1 aromatic carbocycles. The topological polar surface area (TPSA) is 135 Å². The third-order valence-electron chi connectivity index (χ3n) is 9.51. The number of aliphatic hydroxyl groups is 3. The maximum Gasteiger partial charge on any atom is 0.202 e. The lowest BCUT2D eigenvalue weighted by molar-refractivity contribution is -0.147. The molecule has 2 fully saturated rings. The molecule has 2 saturated carbocycles. The number of hydrogen-bond donors (Lipinski definition) is 4. The van der Waals surface area contributed by atoms with Crippen molar-refractivity contribution < 1.29 is 34.8 Å². The molecule has 0 aromatic heterocycles. The van der Waals surface area contributed by atoms with Crippen LogP contribution in [-0.4, -0.2) is 56.0 Å². The number of Topliss-reactive ketones (excluding diaryl/α,β-unsaturated/α-hetero) is 3. The fourth-order valence-electron chi connectivity index (χ4n) is 7.31. The van der Waals surface area contributed by atoms with Crippen LogP contribution >= 0.6 is 0 Å². The number of ketones is 3. The summed E-state index contributed by atoms with van der Waals surface area (Å²) in [5.74, 6) is -4.38. The summed E-state index contributed by atoms with van der Waals surface area (Å²) in [5.41, 5.74) is -1.59. The van der Waals surface area contributed by atoms with Crippen LogP contribution in [0.3, 0.4) is 0 Å². The highest BCUT2D eigenvalue weighted by molar-refractivity contribution is 6.23. The van der Waals surface area contributed by atoms with E-state index in [0.717, 1.165) is 52.0 Å². The van der Waals surface area contributed by atoms with E-state index in [1.807, 2.05) is 12.1 Å². The SMILES string of the molecule is CCCCN(c1ccc2c(c1O)C(O)=C1C(=O)[C@]3(O)C(O)=C(C(C)=O)C(=O)C[C@@H]3C[C@@H]1C2)C1CCC(C)CC1. The molecule has 3 atom stereocenters. The van der Waals surface area contributed by atoms with Gasteiger partial charge in [-0.2, -0.15) is 0 Å². The molecule has 1 aromatic rings. The van der Waals surface area contributed by atoms with Crippen LogP contribution < -0.4 is 4.90 Å². The van der Waals surface area contributed by atoms with Crippen molar-refractivity contribution in [3.63, 3.8) is 0 Å². The second kappa shape index (κ2) is 10.1. The van der Waals surface area contributed by atoms with Gasteiger partial charge < -0.3 is 25.3 Å². The van der Waals surface area contributed by atoms with Gasteiger partial charge in [-0.05, 0) is 75.3 Å². The summed E-state index contributed by atoms with van der Waals surface area (Å²) in [5, 5.41) is 45.4. The molecule has 210 valence electrons. The molecule has 0 heterocycles. The standard InChI is InChI=1S/C31H39NO7/c1-4-5-12-32(21-9-6-16(2)7-10-21)22-11-8-18-13-19-14-20-15-23(34)24(17(3)33)29(37)31(20,39)30(38)26(19)28(36)25(18)27(22)35/h8,11,16,19-21,35-37,39H,4-7,9-10,12-15H2,1-3H3/t16?,19-,20-,21?,31+/m0/s1. The van der Waals surface area contributed by atoms with Crippen molar-refractivity contribution in [2.45, 2.75) is 90.2 Å². The first kappa shape index (κ1) is 27.4. The van der Waals surface area contributed by atoms with Gasteiger partial charge in [-0.25, -0.2) is 0 Å². The van der Waals surface area contributed by atoms with Crippen molar-refractivity contribution in [3.05, 3.63) is 40.2 Å². The van der Waals surface area contributed by atoms with Crippen molar-refractivity contribution in [2.24, 2.45) is 17.8 Å². The third-order valence-corrected chi connectivity index (χ3v) is 9.51. The highest BCUT2D eigenvalue weighted by Crippen LogP contribution is 2.53. The van der Waals surface area contributed by atoms with E-state index in [2.05, 4.69) is 18.7 Å². The van der Waals surface area contributed by atoms with E-state index in [4.69, 9.17) is 0 Å². The van der Waals surface area contributed by atoms with Gasteiger partial charge in [0.25, 0.3) is 0 Å². The predicted molar refractivity (Wildman–Crippen MR) is 147 cm³/mol. The molecule has 0 saturated heterocycles. The monoisotopic (exact) mass is 537 g/mol. The zero-order valence-corrected chi connectivity index (χ0v) is 23.0. The summed E-state index contributed by atoms with van der Waals surface area (Å²) in [7, 11) is 0. The highest BCUT2D eigenvalue weighted by atomic mass is 16.3. The Morgan fingerprint density at radius 2 is 1.77 bits per heavy atom. The largest absolute Gasteiger partial charge is 0.508 e. The van der Waals surface area contributed by atoms with Crippen molar-refractivity contribution in [2.75, 3.05) is 11.4 Å². The molecule has 8 heteroatoms. The maximum atomic E-state index is 13.8. The Balaban J connectivity index is 1.59. The first-order chi connectivity index (χ1) is 18.5. The molecule has 39 heavy (non-hydrogen) atoms. The van der Waals surface area contributed by atoms with Gasteiger partial charge in [0.2, 0.25) is 5.78 Å². The number of allylic oxidation sites excluding steroid dienone is 1. The van der Waals surface area contributed by atoms with Crippen LogP contribution in [0.1, 0.15) is 83.3 Å². The van der Waals surface area contributed by atoms with Gasteiger partial charge >= 0.3 is 0 Å². The van der Waals surface area contributed by atoms with Gasteiger partial charge in [0.05, 0.1) is 11.3 Å². The Labute approximate surface area is 229 Å². The fraction of sp³-hybridized carbons (Fsp3) is 0.581. The van der Waals surface area contributed by atoms with E-state index in [1.165, 1.54) is 0 Å². The Kier molecular flexibility index (Phi) is 7.12. The maximum absolute atomic E-state index is 13.8. The van der Waals surface area contributed by atoms with Gasteiger partial charge in [0.1, 0.15) is 22.8 Å². The number of fused-ring (bicyclic) bond motifs is 3. The molecule has 0 aliphatic heterocycles. The average molecular weight is 538 g/mol. The first-order valence-electron chi connectivity index (χ1n) is 14.3. The third kappa shape index (κ3) is 4.28. The zero-order chi connectivity index (χ0) is 28.2. The smallest absolute Gasteiger partial charge is 0.202 e. The molecule has 0 unspecified atom stereocenters. The Morgan fingerprint density at radius 3 is 2.41 bits per heavy atom. The van der Waals surface area contributed by atoms with Crippen LogP contribution in [0.15, 0.2) is 29.0 Å². The number of rotatable bonds is 6. The minimum atomic E-state index is -2.47. The number of anilines is 1. The Bertz CT molecular complexity index is 1290. The van der Waals surface area contributed by atoms with Crippen molar-refractivity contribution in [1.82, 2.24) is 0 Å². The summed E-state index contributed by atoms with van der Waals surface area (Å²) in [4.78, 5) is 40.7. The van der Waals surface area contributed by atoms with E-state index in [9.17, 15) is 34.8 Å². The number of aliphatic hydroxyl groups excluding tert-OH is 2. The number of carbonyl (C=O) groups is 3. The van der Waals surface area contributed by atoms with Crippen LogP contribution in [-0.2, 0) is 20.8 Å². The van der Waals surface area contributed by atoms with Gasteiger partial charge in [0, 0.05) is 30.5 Å². The van der Waals surface area contributed by atoms with Crippen molar-refractivity contribution in [1.29, 1.82) is 0 Å². The van der Waals surface area contributed by atoms with Gasteiger partial charge in [-0.15, -0.1) is 0 Å². The highest BCUT2D eigenvalue weighted by Gasteiger charge is 2.60. The molecule has 0 radical (unpaired) electrons. The van der Waals surface area contributed by atoms with E-state index >= 15 is 0 Å². The van der Waals surface area contributed by atoms with Crippen molar-refractivity contribution >= 4 is 28.8 Å². The van der Waals surface area contributed by atoms with Gasteiger partial charge in [-0.3, -0.25) is 14.4 Å². The quantitative estimate of drug-likeness (QED) is 0.383. The summed E-state index contributed by atoms with van der Waals surface area (Å²) < 4.78 is 0. The van der Waals surface area contributed by atoms with E-state index in [-0.39, 0.29) is 35.8 Å². The number of carbonyl (C=O) groups excluding carboxylic acids is 3. The second-order valence-electron chi connectivity index (χ2n) is 12.0. The normalized spacial score (nSPS) is 30.6. The molecular formula is C31H39NO7. The molecule has 0 amide bonds. The van der Waals surface area contributed by atoms with Gasteiger partial charge in [-0.1, -0.05) is 26.3 Å². The number of nitrogens with zero attached hydrogens (tertiary/aromatic N) is 1. The number of phenolic OH excluding ortho intramolecular Hbond substituents is 1. The van der Waals surface area contributed by atoms with Crippen LogP contribution in [0.5, 0.6) is 5.75 Å². The number of benzene rings is 1. The van der Waals surface area contributed by atoms with Crippen LogP contribution in [0, 0.1) is 17.8 Å². The minimum Gasteiger partial charge on any atom is -0.508 e. The molecule has 0 bridgehead atoms. The second-order valence-corrected chi connectivity index (χ2v) is 12.0. The van der Waals surface area contributed by atoms with Crippen LogP contribution in [0.25, 0.3) is 5.76 Å². The Morgan fingerprint density at radius 1 is 1.08 bits per heavy atom. The van der Waals surface area contributed by atoms with Crippen LogP contribution in [0.2, 0.25) is 0 Å². The number of unbranched alkanes of at least 4 members (excludes halogenated alkanes) is 1. The van der Waals surface area contributed by atoms with E-state index in [0.29, 0.717) is 23.6 Å². The lowest BCUT2D eigenvalue weighted by atomic mass is 9.59. The van der Waals surface area contributed by atoms with Crippen LogP contribution in [0.4, 0.5) is 5.69 Å². The summed E-state index contributed by atoms with van der Waals surface area (Å²) in [6.07, 6.45) is 6.50. The zero-order valence-electron chi connectivity index (χ0n) is 23.0. The molecule has 4 aliphatic rings. The Hall–Kier alpha value is -3.13.